The van der Waals surface area contributed by atoms with Gasteiger partial charge >= 0.3 is 0 Å². The molecule has 0 aromatic heterocycles. The van der Waals surface area contributed by atoms with E-state index in [1.54, 1.807) is 7.11 Å². The van der Waals surface area contributed by atoms with Crippen LogP contribution in [0, 0.1) is 6.92 Å². The van der Waals surface area contributed by atoms with Crippen molar-refractivity contribution in [1.29, 1.82) is 0 Å². The number of rotatable bonds is 4. The molecule has 2 aromatic carbocycles. The van der Waals surface area contributed by atoms with Crippen molar-refractivity contribution in [2.75, 3.05) is 37.2 Å². The van der Waals surface area contributed by atoms with Crippen LogP contribution in [0.2, 0.25) is 0 Å². The molecule has 0 heterocycles. The fourth-order valence-corrected chi connectivity index (χ4v) is 2.11. The van der Waals surface area contributed by atoms with Crippen molar-refractivity contribution in [3.63, 3.8) is 0 Å². The van der Waals surface area contributed by atoms with Crippen LogP contribution in [0.5, 0.6) is 5.75 Å². The maximum Gasteiger partial charge on any atom is 0.121 e. The van der Waals surface area contributed by atoms with E-state index in [0.717, 1.165) is 17.1 Å². The Bertz CT molecular complexity index is 609. The Morgan fingerprint density at radius 2 is 1.85 bits per heavy atom. The molecule has 0 fully saturated rings. The van der Waals surface area contributed by atoms with Crippen LogP contribution in [-0.2, 0) is 0 Å². The number of aryl methyl sites for hydroxylation is 1. The molecule has 0 bridgehead atoms. The van der Waals surface area contributed by atoms with Crippen molar-refractivity contribution in [3.05, 3.63) is 42.0 Å². The van der Waals surface area contributed by atoms with E-state index in [2.05, 4.69) is 29.3 Å². The number of nitrogens with zero attached hydrogens (tertiary/aromatic N) is 1. The van der Waals surface area contributed by atoms with Crippen LogP contribution in [0.1, 0.15) is 5.56 Å². The van der Waals surface area contributed by atoms with Crippen LogP contribution < -0.4 is 20.7 Å². The highest BCUT2D eigenvalue weighted by Crippen LogP contribution is 2.29. The summed E-state index contributed by atoms with van der Waals surface area (Å²) in [6.45, 7) is 2.10. The van der Waals surface area contributed by atoms with E-state index in [1.165, 1.54) is 11.3 Å². The smallest absolute Gasteiger partial charge is 0.121 e. The molecule has 2 aromatic rings. The van der Waals surface area contributed by atoms with Crippen molar-refractivity contribution in [2.24, 2.45) is 0 Å². The fourth-order valence-electron chi connectivity index (χ4n) is 2.11. The Balaban J connectivity index is 2.28. The van der Waals surface area contributed by atoms with E-state index in [1.807, 2.05) is 38.4 Å². The molecule has 20 heavy (non-hydrogen) atoms. The number of ether oxygens (including phenoxy) is 1. The zero-order valence-corrected chi connectivity index (χ0v) is 12.4. The lowest BCUT2D eigenvalue weighted by Gasteiger charge is -2.18. The highest BCUT2D eigenvalue weighted by Gasteiger charge is 2.05. The van der Waals surface area contributed by atoms with Crippen LogP contribution in [-0.4, -0.2) is 21.2 Å². The van der Waals surface area contributed by atoms with Crippen molar-refractivity contribution in [2.45, 2.75) is 6.92 Å². The number of methoxy groups -OCH3 is 1. The normalized spacial score (nSPS) is 10.2. The Hall–Kier alpha value is -2.36. The summed E-state index contributed by atoms with van der Waals surface area (Å²) in [4.78, 5) is 2.10. The van der Waals surface area contributed by atoms with Crippen molar-refractivity contribution >= 4 is 22.7 Å². The van der Waals surface area contributed by atoms with Crippen LogP contribution >= 0.6 is 0 Å². The molecule has 0 spiro atoms. The summed E-state index contributed by atoms with van der Waals surface area (Å²) in [6.07, 6.45) is 0. The maximum atomic E-state index is 6.02. The van der Waals surface area contributed by atoms with E-state index in [4.69, 9.17) is 10.5 Å². The van der Waals surface area contributed by atoms with Gasteiger partial charge in [0, 0.05) is 31.5 Å². The van der Waals surface area contributed by atoms with Crippen LogP contribution in [0.4, 0.5) is 22.7 Å². The quantitative estimate of drug-likeness (QED) is 0.837. The summed E-state index contributed by atoms with van der Waals surface area (Å²) >= 11 is 0. The predicted octanol–water partition coefficient (Wildman–Crippen LogP) is 3.40. The molecular weight excluding hydrogens is 250 g/mol. The predicted molar refractivity (Wildman–Crippen MR) is 86.2 cm³/mol. The highest BCUT2D eigenvalue weighted by molar-refractivity contribution is 5.75. The van der Waals surface area contributed by atoms with Gasteiger partial charge < -0.3 is 20.7 Å². The molecule has 0 saturated heterocycles. The van der Waals surface area contributed by atoms with Gasteiger partial charge in [-0.2, -0.15) is 0 Å². The van der Waals surface area contributed by atoms with Gasteiger partial charge in [0.1, 0.15) is 5.75 Å². The summed E-state index contributed by atoms with van der Waals surface area (Å²) in [5, 5.41) is 3.34. The molecule has 4 nitrogen and oxygen atoms in total. The Labute approximate surface area is 120 Å². The first kappa shape index (κ1) is 14.1. The lowest BCUT2D eigenvalue weighted by atomic mass is 10.1. The number of anilines is 4. The summed E-state index contributed by atoms with van der Waals surface area (Å²) in [6, 6.07) is 11.9. The van der Waals surface area contributed by atoms with E-state index in [0.29, 0.717) is 5.69 Å². The topological polar surface area (TPSA) is 50.5 Å². The summed E-state index contributed by atoms with van der Waals surface area (Å²) in [5.41, 5.74) is 11.0. The van der Waals surface area contributed by atoms with Gasteiger partial charge in [0.2, 0.25) is 0 Å². The molecule has 0 radical (unpaired) electrons. The number of hydrogen-bond donors (Lipinski definition) is 2. The van der Waals surface area contributed by atoms with Gasteiger partial charge in [0.05, 0.1) is 18.5 Å². The van der Waals surface area contributed by atoms with Gasteiger partial charge in [-0.05, 0) is 36.8 Å². The van der Waals surface area contributed by atoms with Gasteiger partial charge in [-0.25, -0.2) is 0 Å². The van der Waals surface area contributed by atoms with Crippen LogP contribution in [0.25, 0.3) is 0 Å². The molecule has 0 aliphatic rings. The molecule has 2 rings (SSSR count). The summed E-state index contributed by atoms with van der Waals surface area (Å²) in [7, 11) is 5.70. The Morgan fingerprint density at radius 3 is 2.45 bits per heavy atom. The van der Waals surface area contributed by atoms with Crippen molar-refractivity contribution in [3.8, 4) is 5.75 Å². The Morgan fingerprint density at radius 1 is 1.10 bits per heavy atom. The zero-order chi connectivity index (χ0) is 14.7. The third-order valence-electron chi connectivity index (χ3n) is 3.23. The van der Waals surface area contributed by atoms with E-state index < -0.39 is 0 Å². The molecule has 3 N–H and O–H groups in total. The Kier molecular flexibility index (Phi) is 4.03. The molecule has 0 aliphatic carbocycles. The van der Waals surface area contributed by atoms with Gasteiger partial charge in [0.15, 0.2) is 0 Å². The van der Waals surface area contributed by atoms with Crippen LogP contribution in [0.3, 0.4) is 0 Å². The lowest BCUT2D eigenvalue weighted by Crippen LogP contribution is -2.10. The minimum atomic E-state index is 0.663. The second-order valence-corrected chi connectivity index (χ2v) is 4.97. The number of benzene rings is 2. The molecule has 0 amide bonds. The monoisotopic (exact) mass is 271 g/mol. The van der Waals surface area contributed by atoms with Gasteiger partial charge in [-0.3, -0.25) is 0 Å². The van der Waals surface area contributed by atoms with E-state index in [9.17, 15) is 0 Å². The number of nitrogens with one attached hydrogen (secondary N) is 1. The van der Waals surface area contributed by atoms with Gasteiger partial charge in [0.25, 0.3) is 0 Å². The maximum absolute atomic E-state index is 6.02. The number of nitrogens with two attached hydrogens (primary N) is 1. The molecule has 106 valence electrons. The molecule has 0 saturated carbocycles. The average molecular weight is 271 g/mol. The van der Waals surface area contributed by atoms with Gasteiger partial charge in [-0.15, -0.1) is 0 Å². The molecule has 0 atom stereocenters. The fraction of sp³-hybridized carbons (Fsp3) is 0.250. The largest absolute Gasteiger partial charge is 0.497 e. The van der Waals surface area contributed by atoms with Gasteiger partial charge in [-0.1, -0.05) is 6.07 Å². The van der Waals surface area contributed by atoms with Crippen molar-refractivity contribution in [1.82, 2.24) is 0 Å². The second kappa shape index (κ2) is 5.74. The molecule has 4 heteroatoms. The second-order valence-electron chi connectivity index (χ2n) is 4.97. The summed E-state index contributed by atoms with van der Waals surface area (Å²) in [5.74, 6) is 0.755. The van der Waals surface area contributed by atoms with Crippen LogP contribution in [0.15, 0.2) is 36.4 Å². The standard InChI is InChI=1S/C16H21N3O/c1-11-5-6-12(9-16(11)19(2)3)18-15-8-7-13(20-4)10-14(15)17/h5-10,18H,17H2,1-4H3. The summed E-state index contributed by atoms with van der Waals surface area (Å²) < 4.78 is 5.15. The molecule has 0 aliphatic heterocycles. The number of nitrogen functional groups attached to an aromatic ring is 1. The lowest BCUT2D eigenvalue weighted by molar-refractivity contribution is 0.415. The third-order valence-corrected chi connectivity index (χ3v) is 3.23. The average Bonchev–Trinajstić information content (AvgIpc) is 2.42. The minimum Gasteiger partial charge on any atom is -0.497 e. The minimum absolute atomic E-state index is 0.663. The first-order chi connectivity index (χ1) is 9.51. The van der Waals surface area contributed by atoms with Crippen molar-refractivity contribution < 1.29 is 4.74 Å². The molecular formula is C16H21N3O. The third kappa shape index (κ3) is 2.96. The zero-order valence-electron chi connectivity index (χ0n) is 12.4. The SMILES string of the molecule is COc1ccc(Nc2ccc(C)c(N(C)C)c2)c(N)c1. The first-order valence-electron chi connectivity index (χ1n) is 6.50. The first-order valence-corrected chi connectivity index (χ1v) is 6.50. The number of hydrogen-bond acceptors (Lipinski definition) is 4. The molecule has 0 unspecified atom stereocenters. The highest BCUT2D eigenvalue weighted by atomic mass is 16.5. The van der Waals surface area contributed by atoms with E-state index >= 15 is 0 Å². The van der Waals surface area contributed by atoms with E-state index in [-0.39, 0.29) is 0 Å².